The molecule has 0 spiro atoms. The number of carbonyl (C=O) groups is 1. The molecule has 1 heterocycles. The molecule has 0 bridgehead atoms. The highest BCUT2D eigenvalue weighted by atomic mass is 32.2. The molecule has 0 radical (unpaired) electrons. The first-order valence-corrected chi connectivity index (χ1v) is 9.11. The van der Waals surface area contributed by atoms with Crippen LogP contribution in [0.15, 0.2) is 23.1 Å². The van der Waals surface area contributed by atoms with Crippen molar-refractivity contribution in [2.24, 2.45) is 0 Å². The second kappa shape index (κ2) is 6.33. The van der Waals surface area contributed by atoms with Crippen LogP contribution in [0.1, 0.15) is 27.7 Å². The van der Waals surface area contributed by atoms with Crippen molar-refractivity contribution in [1.82, 2.24) is 9.21 Å². The van der Waals surface area contributed by atoms with Gasteiger partial charge < -0.3 is 9.64 Å². The van der Waals surface area contributed by atoms with Crippen LogP contribution in [-0.4, -0.2) is 55.3 Å². The number of nitrogens with zero attached hydrogens (tertiary/aromatic N) is 2. The number of hydrogen-bond donors (Lipinski definition) is 0. The number of rotatable bonds is 4. The van der Waals surface area contributed by atoms with Crippen molar-refractivity contribution in [3.8, 4) is 5.75 Å². The lowest BCUT2D eigenvalue weighted by Gasteiger charge is -2.48. The van der Waals surface area contributed by atoms with Gasteiger partial charge in [0.05, 0.1) is 19.2 Å². The van der Waals surface area contributed by atoms with Gasteiger partial charge in [-0.15, -0.1) is 0 Å². The summed E-state index contributed by atoms with van der Waals surface area (Å²) in [7, 11) is -2.88. The Morgan fingerprint density at radius 1 is 1.29 bits per heavy atom. The number of benzene rings is 1. The number of sulfonamides is 1. The maximum Gasteiger partial charge on any atom is 0.246 e. The van der Waals surface area contributed by atoms with Crippen LogP contribution >= 0.6 is 0 Å². The summed E-state index contributed by atoms with van der Waals surface area (Å²) in [6.07, 6.45) is 0. The van der Waals surface area contributed by atoms with Gasteiger partial charge in [-0.3, -0.25) is 4.79 Å². The number of amides is 1. The van der Waals surface area contributed by atoms with Gasteiger partial charge in [-0.25, -0.2) is 12.8 Å². The smallest absolute Gasteiger partial charge is 0.246 e. The van der Waals surface area contributed by atoms with E-state index in [4.69, 9.17) is 4.74 Å². The molecule has 6 nitrogen and oxygen atoms in total. The SMILES string of the molecule is COc1cccc(S(=O)(=O)N2CC(=O)N(C(C)C)C(C)(C)C2)c1F. The maximum atomic E-state index is 14.4. The Balaban J connectivity index is 2.44. The van der Waals surface area contributed by atoms with Crippen molar-refractivity contribution in [2.45, 2.75) is 44.2 Å². The lowest BCUT2D eigenvalue weighted by molar-refractivity contribution is -0.144. The van der Waals surface area contributed by atoms with E-state index in [2.05, 4.69) is 0 Å². The van der Waals surface area contributed by atoms with Crippen molar-refractivity contribution < 1.29 is 22.3 Å². The van der Waals surface area contributed by atoms with E-state index in [9.17, 15) is 17.6 Å². The molecule has 0 N–H and O–H groups in total. The van der Waals surface area contributed by atoms with Crippen LogP contribution in [0.5, 0.6) is 5.75 Å². The summed E-state index contributed by atoms with van der Waals surface area (Å²) in [6, 6.07) is 3.89. The van der Waals surface area contributed by atoms with Crippen molar-refractivity contribution in [1.29, 1.82) is 0 Å². The van der Waals surface area contributed by atoms with Crippen LogP contribution in [0.25, 0.3) is 0 Å². The third-order valence-corrected chi connectivity index (χ3v) is 5.89. The highest BCUT2D eigenvalue weighted by molar-refractivity contribution is 7.89. The summed E-state index contributed by atoms with van der Waals surface area (Å²) in [5.74, 6) is -1.40. The summed E-state index contributed by atoms with van der Waals surface area (Å²) < 4.78 is 46.0. The summed E-state index contributed by atoms with van der Waals surface area (Å²) >= 11 is 0. The van der Waals surface area contributed by atoms with Crippen LogP contribution in [0, 0.1) is 5.82 Å². The standard InChI is InChI=1S/C16H23FN2O4S/c1-11(2)19-14(20)9-18(10-16(19,3)4)24(21,22)13-8-6-7-12(23-5)15(13)17/h6-8,11H,9-10H2,1-5H3. The zero-order chi connectivity index (χ0) is 18.3. The number of piperazine rings is 1. The Bertz CT molecular complexity index is 746. The minimum atomic E-state index is -4.15. The Morgan fingerprint density at radius 2 is 1.92 bits per heavy atom. The first-order chi connectivity index (χ1) is 11.0. The fourth-order valence-corrected chi connectivity index (χ4v) is 4.89. The molecule has 134 valence electrons. The van der Waals surface area contributed by atoms with Crippen LogP contribution in [0.4, 0.5) is 4.39 Å². The van der Waals surface area contributed by atoms with Crippen molar-refractivity contribution in [3.05, 3.63) is 24.0 Å². The quantitative estimate of drug-likeness (QED) is 0.824. The van der Waals surface area contributed by atoms with E-state index >= 15 is 0 Å². The lowest BCUT2D eigenvalue weighted by Crippen LogP contribution is -2.64. The fraction of sp³-hybridized carbons (Fsp3) is 0.562. The molecule has 1 saturated heterocycles. The van der Waals surface area contributed by atoms with Gasteiger partial charge in [-0.1, -0.05) is 6.07 Å². The Morgan fingerprint density at radius 3 is 2.42 bits per heavy atom. The van der Waals surface area contributed by atoms with E-state index in [-0.39, 0.29) is 30.8 Å². The molecule has 0 atom stereocenters. The number of carbonyl (C=O) groups excluding carboxylic acids is 1. The third-order valence-electron chi connectivity index (χ3n) is 4.08. The minimum absolute atomic E-state index is 0.0501. The predicted molar refractivity (Wildman–Crippen MR) is 87.8 cm³/mol. The fourth-order valence-electron chi connectivity index (χ4n) is 3.27. The summed E-state index contributed by atoms with van der Waals surface area (Å²) in [5, 5.41) is 0. The van der Waals surface area contributed by atoms with Gasteiger partial charge in [-0.05, 0) is 39.8 Å². The molecule has 1 aliphatic heterocycles. The van der Waals surface area contributed by atoms with Crippen LogP contribution < -0.4 is 4.74 Å². The topological polar surface area (TPSA) is 66.9 Å². The van der Waals surface area contributed by atoms with Gasteiger partial charge in [0.25, 0.3) is 0 Å². The Labute approximate surface area is 142 Å². The summed E-state index contributed by atoms with van der Waals surface area (Å²) in [5.41, 5.74) is -0.689. The average Bonchev–Trinajstić information content (AvgIpc) is 2.44. The Hall–Kier alpha value is -1.67. The molecule has 1 aliphatic rings. The van der Waals surface area contributed by atoms with Gasteiger partial charge in [0.15, 0.2) is 11.6 Å². The van der Waals surface area contributed by atoms with Gasteiger partial charge in [0.2, 0.25) is 15.9 Å². The highest BCUT2D eigenvalue weighted by Gasteiger charge is 2.44. The molecule has 1 aromatic carbocycles. The largest absolute Gasteiger partial charge is 0.494 e. The van der Waals surface area contributed by atoms with E-state index in [0.29, 0.717) is 0 Å². The minimum Gasteiger partial charge on any atom is -0.494 e. The molecule has 0 aromatic heterocycles. The molecule has 0 unspecified atom stereocenters. The Kier molecular flexibility index (Phi) is 4.92. The van der Waals surface area contributed by atoms with Crippen molar-refractivity contribution >= 4 is 15.9 Å². The van der Waals surface area contributed by atoms with E-state index < -0.39 is 26.3 Å². The first kappa shape index (κ1) is 18.7. The van der Waals surface area contributed by atoms with E-state index in [0.717, 1.165) is 4.31 Å². The lowest BCUT2D eigenvalue weighted by atomic mass is 9.98. The van der Waals surface area contributed by atoms with Crippen molar-refractivity contribution in [2.75, 3.05) is 20.2 Å². The number of hydrogen-bond acceptors (Lipinski definition) is 4. The zero-order valence-corrected chi connectivity index (χ0v) is 15.4. The highest BCUT2D eigenvalue weighted by Crippen LogP contribution is 2.31. The molecule has 8 heteroatoms. The molecule has 24 heavy (non-hydrogen) atoms. The van der Waals surface area contributed by atoms with Crippen LogP contribution in [0.2, 0.25) is 0 Å². The zero-order valence-electron chi connectivity index (χ0n) is 14.5. The summed E-state index contributed by atoms with van der Waals surface area (Å²) in [4.78, 5) is 13.6. The molecular weight excluding hydrogens is 335 g/mol. The number of ether oxygens (including phenoxy) is 1. The van der Waals surface area contributed by atoms with Crippen LogP contribution in [-0.2, 0) is 14.8 Å². The maximum absolute atomic E-state index is 14.4. The number of methoxy groups -OCH3 is 1. The van der Waals surface area contributed by atoms with E-state index in [1.54, 1.807) is 18.7 Å². The monoisotopic (exact) mass is 358 g/mol. The third kappa shape index (κ3) is 3.12. The van der Waals surface area contributed by atoms with Gasteiger partial charge in [0, 0.05) is 12.6 Å². The number of halogens is 1. The molecule has 1 aromatic rings. The molecule has 0 saturated carbocycles. The van der Waals surface area contributed by atoms with E-state index in [1.807, 2.05) is 13.8 Å². The molecular formula is C16H23FN2O4S. The van der Waals surface area contributed by atoms with Gasteiger partial charge in [0.1, 0.15) is 4.90 Å². The average molecular weight is 358 g/mol. The van der Waals surface area contributed by atoms with E-state index in [1.165, 1.54) is 25.3 Å². The predicted octanol–water partition coefficient (Wildman–Crippen LogP) is 1.85. The normalized spacial score (nSPS) is 19.0. The van der Waals surface area contributed by atoms with Crippen molar-refractivity contribution in [3.63, 3.8) is 0 Å². The molecule has 0 aliphatic carbocycles. The molecule has 1 fully saturated rings. The molecule has 2 rings (SSSR count). The first-order valence-electron chi connectivity index (χ1n) is 7.67. The second-order valence-corrected chi connectivity index (χ2v) is 8.62. The van der Waals surface area contributed by atoms with Crippen LogP contribution in [0.3, 0.4) is 0 Å². The summed E-state index contributed by atoms with van der Waals surface area (Å²) in [6.45, 7) is 7.15. The van der Waals surface area contributed by atoms with Gasteiger partial charge in [-0.2, -0.15) is 4.31 Å². The van der Waals surface area contributed by atoms with Gasteiger partial charge >= 0.3 is 0 Å². The molecule has 1 amide bonds. The second-order valence-electron chi connectivity index (χ2n) is 6.72.